The maximum atomic E-state index is 11.7. The number of carbonyl (C=O) groups excluding carboxylic acids is 1. The van der Waals surface area contributed by atoms with Gasteiger partial charge in [0.2, 0.25) is 5.91 Å². The van der Waals surface area contributed by atoms with Crippen LogP contribution in [0.2, 0.25) is 0 Å². The fourth-order valence-corrected chi connectivity index (χ4v) is 2.51. The van der Waals surface area contributed by atoms with Crippen LogP contribution in [-0.4, -0.2) is 25.5 Å². The molecule has 1 fully saturated rings. The molecule has 0 heterocycles. The first-order valence-corrected chi connectivity index (χ1v) is 7.76. The molecule has 0 bridgehead atoms. The molecule has 0 atom stereocenters. The Hall–Kier alpha value is -1.87. The molecule has 0 spiro atoms. The van der Waals surface area contributed by atoms with E-state index in [0.29, 0.717) is 13.1 Å². The van der Waals surface area contributed by atoms with E-state index in [4.69, 9.17) is 0 Å². The molecular formula is C18H22N2O. The van der Waals surface area contributed by atoms with Crippen LogP contribution in [0.5, 0.6) is 0 Å². The normalized spacial score (nSPS) is 14.3. The molecule has 1 amide bonds. The zero-order chi connectivity index (χ0) is 14.5. The highest BCUT2D eigenvalue weighted by Gasteiger charge is 2.20. The molecule has 3 heteroatoms. The zero-order valence-electron chi connectivity index (χ0n) is 12.3. The second kappa shape index (κ2) is 6.72. The lowest BCUT2D eigenvalue weighted by atomic mass is 10.1. The van der Waals surface area contributed by atoms with Crippen LogP contribution in [0.1, 0.15) is 18.4 Å². The minimum absolute atomic E-state index is 0.0939. The van der Waals surface area contributed by atoms with E-state index in [1.54, 1.807) is 0 Å². The Balaban J connectivity index is 1.41. The van der Waals surface area contributed by atoms with Crippen LogP contribution in [0.3, 0.4) is 0 Å². The van der Waals surface area contributed by atoms with Crippen LogP contribution in [-0.2, 0) is 11.2 Å². The third kappa shape index (κ3) is 4.30. The quantitative estimate of drug-likeness (QED) is 0.819. The Morgan fingerprint density at radius 2 is 1.90 bits per heavy atom. The van der Waals surface area contributed by atoms with Crippen molar-refractivity contribution in [3.05, 3.63) is 48.0 Å². The van der Waals surface area contributed by atoms with Gasteiger partial charge in [0.05, 0.1) is 6.54 Å². The van der Waals surface area contributed by atoms with E-state index in [9.17, 15) is 4.79 Å². The third-order valence-electron chi connectivity index (χ3n) is 3.97. The van der Waals surface area contributed by atoms with E-state index in [0.717, 1.165) is 18.9 Å². The summed E-state index contributed by atoms with van der Waals surface area (Å²) in [6.07, 6.45) is 3.51. The van der Waals surface area contributed by atoms with Crippen molar-refractivity contribution < 1.29 is 4.79 Å². The molecule has 3 rings (SSSR count). The summed E-state index contributed by atoms with van der Waals surface area (Å²) < 4.78 is 0. The van der Waals surface area contributed by atoms with Gasteiger partial charge in [0.15, 0.2) is 0 Å². The molecule has 0 radical (unpaired) electrons. The van der Waals surface area contributed by atoms with E-state index in [2.05, 4.69) is 53.1 Å². The van der Waals surface area contributed by atoms with Crippen LogP contribution in [0.15, 0.2) is 42.5 Å². The SMILES string of the molecule is O=C(CNCC1CC1)NCCc1ccc2ccccc2c1. The second-order valence-electron chi connectivity index (χ2n) is 5.86. The molecule has 2 aromatic carbocycles. The lowest BCUT2D eigenvalue weighted by Crippen LogP contribution is -2.35. The lowest BCUT2D eigenvalue weighted by molar-refractivity contribution is -0.120. The summed E-state index contributed by atoms with van der Waals surface area (Å²) >= 11 is 0. The molecule has 3 nitrogen and oxygen atoms in total. The van der Waals surface area contributed by atoms with Crippen LogP contribution < -0.4 is 10.6 Å². The van der Waals surface area contributed by atoms with Crippen molar-refractivity contribution in [2.24, 2.45) is 5.92 Å². The Kier molecular flexibility index (Phi) is 4.51. The number of hydrogen-bond donors (Lipinski definition) is 2. The average molecular weight is 282 g/mol. The number of carbonyl (C=O) groups is 1. The van der Waals surface area contributed by atoms with Crippen molar-refractivity contribution in [3.8, 4) is 0 Å². The van der Waals surface area contributed by atoms with Gasteiger partial charge in [-0.2, -0.15) is 0 Å². The van der Waals surface area contributed by atoms with Crippen LogP contribution in [0.25, 0.3) is 10.8 Å². The van der Waals surface area contributed by atoms with Crippen molar-refractivity contribution in [1.82, 2.24) is 10.6 Å². The lowest BCUT2D eigenvalue weighted by Gasteiger charge is -2.07. The standard InChI is InChI=1S/C18H22N2O/c21-18(13-19-12-15-5-6-15)20-10-9-14-7-8-16-3-1-2-4-17(16)11-14/h1-4,7-8,11,15,19H,5-6,9-10,12-13H2,(H,20,21). The van der Waals surface area contributed by atoms with Gasteiger partial charge in [-0.05, 0) is 48.1 Å². The van der Waals surface area contributed by atoms with Gasteiger partial charge in [0, 0.05) is 6.54 Å². The molecule has 0 aliphatic heterocycles. The smallest absolute Gasteiger partial charge is 0.233 e. The molecule has 21 heavy (non-hydrogen) atoms. The first-order chi connectivity index (χ1) is 10.3. The molecule has 0 saturated heterocycles. The maximum Gasteiger partial charge on any atom is 0.233 e. The highest BCUT2D eigenvalue weighted by atomic mass is 16.1. The van der Waals surface area contributed by atoms with Crippen LogP contribution in [0, 0.1) is 5.92 Å². The summed E-state index contributed by atoms with van der Waals surface area (Å²) in [6, 6.07) is 14.8. The van der Waals surface area contributed by atoms with Crippen LogP contribution in [0.4, 0.5) is 0 Å². The first-order valence-electron chi connectivity index (χ1n) is 7.76. The Bertz CT molecular complexity index is 619. The minimum Gasteiger partial charge on any atom is -0.355 e. The molecule has 2 aromatic rings. The Labute approximate surface area is 125 Å². The molecule has 1 aliphatic rings. The van der Waals surface area contributed by atoms with E-state index < -0.39 is 0 Å². The predicted molar refractivity (Wildman–Crippen MR) is 86.3 cm³/mol. The first kappa shape index (κ1) is 14.1. The summed E-state index contributed by atoms with van der Waals surface area (Å²) in [4.78, 5) is 11.7. The summed E-state index contributed by atoms with van der Waals surface area (Å²) in [5.74, 6) is 0.909. The topological polar surface area (TPSA) is 41.1 Å². The van der Waals surface area contributed by atoms with Crippen molar-refractivity contribution in [2.45, 2.75) is 19.3 Å². The molecule has 0 unspecified atom stereocenters. The second-order valence-corrected chi connectivity index (χ2v) is 5.86. The van der Waals surface area contributed by atoms with Crippen molar-refractivity contribution >= 4 is 16.7 Å². The molecule has 110 valence electrons. The molecule has 1 aliphatic carbocycles. The van der Waals surface area contributed by atoms with Gasteiger partial charge in [-0.25, -0.2) is 0 Å². The fourth-order valence-electron chi connectivity index (χ4n) is 2.51. The summed E-state index contributed by atoms with van der Waals surface area (Å²) in [7, 11) is 0. The molecule has 1 saturated carbocycles. The predicted octanol–water partition coefficient (Wildman–Crippen LogP) is 2.50. The minimum atomic E-state index is 0.0939. The number of nitrogens with one attached hydrogen (secondary N) is 2. The van der Waals surface area contributed by atoms with Gasteiger partial charge >= 0.3 is 0 Å². The van der Waals surface area contributed by atoms with Gasteiger partial charge in [-0.1, -0.05) is 42.5 Å². The Morgan fingerprint density at radius 1 is 1.10 bits per heavy atom. The van der Waals surface area contributed by atoms with E-state index >= 15 is 0 Å². The monoisotopic (exact) mass is 282 g/mol. The molecular weight excluding hydrogens is 260 g/mol. The summed E-state index contributed by atoms with van der Waals surface area (Å²) in [5, 5.41) is 8.70. The van der Waals surface area contributed by atoms with Gasteiger partial charge in [0.1, 0.15) is 0 Å². The molecule has 0 aromatic heterocycles. The van der Waals surface area contributed by atoms with Crippen molar-refractivity contribution in [2.75, 3.05) is 19.6 Å². The van der Waals surface area contributed by atoms with Crippen molar-refractivity contribution in [1.29, 1.82) is 0 Å². The average Bonchev–Trinajstić information content (AvgIpc) is 3.31. The van der Waals surface area contributed by atoms with Gasteiger partial charge in [-0.3, -0.25) is 4.79 Å². The van der Waals surface area contributed by atoms with Gasteiger partial charge in [0.25, 0.3) is 0 Å². The highest BCUT2D eigenvalue weighted by Crippen LogP contribution is 2.27. The summed E-state index contributed by atoms with van der Waals surface area (Å²) in [5.41, 5.74) is 1.26. The Morgan fingerprint density at radius 3 is 2.71 bits per heavy atom. The fraction of sp³-hybridized carbons (Fsp3) is 0.389. The van der Waals surface area contributed by atoms with E-state index in [1.165, 1.54) is 29.2 Å². The van der Waals surface area contributed by atoms with Gasteiger partial charge in [-0.15, -0.1) is 0 Å². The molecule has 2 N–H and O–H groups in total. The maximum absolute atomic E-state index is 11.7. The van der Waals surface area contributed by atoms with E-state index in [-0.39, 0.29) is 5.91 Å². The largest absolute Gasteiger partial charge is 0.355 e. The summed E-state index contributed by atoms with van der Waals surface area (Å²) in [6.45, 7) is 2.12. The number of amides is 1. The zero-order valence-corrected chi connectivity index (χ0v) is 12.3. The number of benzene rings is 2. The van der Waals surface area contributed by atoms with Crippen molar-refractivity contribution in [3.63, 3.8) is 0 Å². The number of hydrogen-bond acceptors (Lipinski definition) is 2. The van der Waals surface area contributed by atoms with E-state index in [1.807, 2.05) is 0 Å². The van der Waals surface area contributed by atoms with Crippen LogP contribution >= 0.6 is 0 Å². The third-order valence-corrected chi connectivity index (χ3v) is 3.97. The number of fused-ring (bicyclic) bond motifs is 1. The highest BCUT2D eigenvalue weighted by molar-refractivity contribution is 5.83. The number of rotatable bonds is 7. The van der Waals surface area contributed by atoms with Gasteiger partial charge < -0.3 is 10.6 Å².